The molecule has 0 fully saturated rings. The maximum Gasteiger partial charge on any atom is 0.134 e. The summed E-state index contributed by atoms with van der Waals surface area (Å²) in [5.41, 5.74) is 1.10. The summed E-state index contributed by atoms with van der Waals surface area (Å²) in [7, 11) is 1.91. The molecule has 114 valence electrons. The highest BCUT2D eigenvalue weighted by molar-refractivity contribution is 5.57. The van der Waals surface area contributed by atoms with Crippen LogP contribution in [0.1, 0.15) is 58.3 Å². The Balaban J connectivity index is 2.84. The van der Waals surface area contributed by atoms with Crippen LogP contribution in [0.15, 0.2) is 0 Å². The number of aromatic nitrogens is 2. The van der Waals surface area contributed by atoms with Crippen molar-refractivity contribution in [2.75, 3.05) is 17.7 Å². The molecule has 0 saturated heterocycles. The first-order valence-electron chi connectivity index (χ1n) is 7.79. The van der Waals surface area contributed by atoms with Crippen molar-refractivity contribution in [1.29, 1.82) is 0 Å². The number of nitrogens with one attached hydrogen (secondary N) is 2. The minimum absolute atomic E-state index is 0.435. The van der Waals surface area contributed by atoms with Crippen LogP contribution in [0.4, 0.5) is 11.6 Å². The minimum Gasteiger partial charge on any atom is -0.373 e. The van der Waals surface area contributed by atoms with Crippen molar-refractivity contribution in [3.63, 3.8) is 0 Å². The van der Waals surface area contributed by atoms with Crippen LogP contribution >= 0.6 is 0 Å². The molecule has 4 nitrogen and oxygen atoms in total. The quantitative estimate of drug-likeness (QED) is 0.754. The summed E-state index contributed by atoms with van der Waals surface area (Å²) >= 11 is 0. The second kappa shape index (κ2) is 8.08. The lowest BCUT2D eigenvalue weighted by molar-refractivity contribution is 0.527. The third-order valence-electron chi connectivity index (χ3n) is 3.46. The second-order valence-electron chi connectivity index (χ2n) is 5.98. The highest BCUT2D eigenvalue weighted by atomic mass is 15.1. The molecule has 1 unspecified atom stereocenters. The van der Waals surface area contributed by atoms with Crippen LogP contribution in [-0.4, -0.2) is 23.1 Å². The standard InChI is InChI=1S/C16H30N4/c1-7-8-14-19-15(17-6)13(5)16(20-14)18-12(4)10-9-11(2)3/h11-12H,7-10H2,1-6H3,(H2,17,18,19,20). The molecular formula is C16H30N4. The van der Waals surface area contributed by atoms with Gasteiger partial charge in [-0.15, -0.1) is 0 Å². The van der Waals surface area contributed by atoms with Crippen molar-refractivity contribution in [1.82, 2.24) is 9.97 Å². The van der Waals surface area contributed by atoms with E-state index in [0.717, 1.165) is 41.8 Å². The van der Waals surface area contributed by atoms with Gasteiger partial charge in [0.05, 0.1) is 0 Å². The Morgan fingerprint density at radius 3 is 2.25 bits per heavy atom. The van der Waals surface area contributed by atoms with Crippen molar-refractivity contribution >= 4 is 11.6 Å². The Labute approximate surface area is 123 Å². The van der Waals surface area contributed by atoms with Gasteiger partial charge >= 0.3 is 0 Å². The molecule has 1 heterocycles. The minimum atomic E-state index is 0.435. The molecule has 0 amide bonds. The van der Waals surface area contributed by atoms with Gasteiger partial charge in [-0.25, -0.2) is 9.97 Å². The van der Waals surface area contributed by atoms with E-state index in [9.17, 15) is 0 Å². The molecule has 1 atom stereocenters. The molecule has 0 radical (unpaired) electrons. The molecule has 0 bridgehead atoms. The van der Waals surface area contributed by atoms with Gasteiger partial charge < -0.3 is 10.6 Å². The van der Waals surface area contributed by atoms with Gasteiger partial charge in [-0.1, -0.05) is 20.8 Å². The fourth-order valence-corrected chi connectivity index (χ4v) is 2.17. The van der Waals surface area contributed by atoms with Gasteiger partial charge in [0.2, 0.25) is 0 Å². The summed E-state index contributed by atoms with van der Waals surface area (Å²) in [6.07, 6.45) is 4.39. The summed E-state index contributed by atoms with van der Waals surface area (Å²) in [5.74, 6) is 3.57. The monoisotopic (exact) mass is 278 g/mol. The van der Waals surface area contributed by atoms with E-state index in [1.165, 1.54) is 12.8 Å². The largest absolute Gasteiger partial charge is 0.373 e. The fraction of sp³-hybridized carbons (Fsp3) is 0.750. The van der Waals surface area contributed by atoms with Crippen LogP contribution in [0.3, 0.4) is 0 Å². The van der Waals surface area contributed by atoms with Crippen molar-refractivity contribution in [2.45, 2.75) is 66.3 Å². The topological polar surface area (TPSA) is 49.8 Å². The number of aryl methyl sites for hydroxylation is 1. The van der Waals surface area contributed by atoms with E-state index in [1.807, 2.05) is 7.05 Å². The van der Waals surface area contributed by atoms with Gasteiger partial charge in [0.25, 0.3) is 0 Å². The molecule has 1 rings (SSSR count). The van der Waals surface area contributed by atoms with Gasteiger partial charge in [-0.3, -0.25) is 0 Å². The number of anilines is 2. The smallest absolute Gasteiger partial charge is 0.134 e. The molecule has 0 saturated carbocycles. The van der Waals surface area contributed by atoms with Crippen molar-refractivity contribution in [2.24, 2.45) is 5.92 Å². The van der Waals surface area contributed by atoms with Gasteiger partial charge in [0, 0.05) is 25.1 Å². The van der Waals surface area contributed by atoms with Crippen molar-refractivity contribution in [3.8, 4) is 0 Å². The molecule has 0 aliphatic carbocycles. The Morgan fingerprint density at radius 2 is 1.70 bits per heavy atom. The molecule has 1 aromatic heterocycles. The molecule has 1 aromatic rings. The summed E-state index contributed by atoms with van der Waals surface area (Å²) in [6, 6.07) is 0.435. The lowest BCUT2D eigenvalue weighted by Crippen LogP contribution is -2.19. The Kier molecular flexibility index (Phi) is 6.76. The zero-order valence-electron chi connectivity index (χ0n) is 13.9. The zero-order chi connectivity index (χ0) is 15.1. The summed E-state index contributed by atoms with van der Waals surface area (Å²) < 4.78 is 0. The van der Waals surface area contributed by atoms with E-state index in [1.54, 1.807) is 0 Å². The first kappa shape index (κ1) is 16.7. The molecule has 2 N–H and O–H groups in total. The highest BCUT2D eigenvalue weighted by Crippen LogP contribution is 2.22. The summed E-state index contributed by atoms with van der Waals surface area (Å²) in [6.45, 7) is 11.0. The predicted molar refractivity (Wildman–Crippen MR) is 87.5 cm³/mol. The Morgan fingerprint density at radius 1 is 1.05 bits per heavy atom. The number of hydrogen-bond acceptors (Lipinski definition) is 4. The molecule has 20 heavy (non-hydrogen) atoms. The first-order valence-corrected chi connectivity index (χ1v) is 7.79. The fourth-order valence-electron chi connectivity index (χ4n) is 2.17. The van der Waals surface area contributed by atoms with Crippen LogP contribution in [-0.2, 0) is 6.42 Å². The van der Waals surface area contributed by atoms with Crippen LogP contribution in [0.25, 0.3) is 0 Å². The zero-order valence-corrected chi connectivity index (χ0v) is 13.9. The summed E-state index contributed by atoms with van der Waals surface area (Å²) in [4.78, 5) is 9.24. The number of hydrogen-bond donors (Lipinski definition) is 2. The maximum absolute atomic E-state index is 4.68. The van der Waals surface area contributed by atoms with Crippen LogP contribution in [0.5, 0.6) is 0 Å². The van der Waals surface area contributed by atoms with Crippen molar-refractivity contribution in [3.05, 3.63) is 11.4 Å². The van der Waals surface area contributed by atoms with Crippen LogP contribution in [0, 0.1) is 12.8 Å². The first-order chi connectivity index (χ1) is 9.47. The molecule has 0 spiro atoms. The molecule has 0 aromatic carbocycles. The third kappa shape index (κ3) is 4.99. The molecule has 0 aliphatic heterocycles. The van der Waals surface area contributed by atoms with Gasteiger partial charge in [0.1, 0.15) is 17.5 Å². The van der Waals surface area contributed by atoms with E-state index >= 15 is 0 Å². The van der Waals surface area contributed by atoms with Crippen LogP contribution < -0.4 is 10.6 Å². The number of nitrogens with zero attached hydrogens (tertiary/aromatic N) is 2. The number of rotatable bonds is 8. The predicted octanol–water partition coefficient (Wildman–Crippen LogP) is 4.02. The maximum atomic E-state index is 4.68. The third-order valence-corrected chi connectivity index (χ3v) is 3.46. The van der Waals surface area contributed by atoms with E-state index in [2.05, 4.69) is 55.2 Å². The Bertz CT molecular complexity index is 415. The van der Waals surface area contributed by atoms with Gasteiger partial charge in [0.15, 0.2) is 0 Å². The lowest BCUT2D eigenvalue weighted by atomic mass is 10.0. The van der Waals surface area contributed by atoms with Gasteiger partial charge in [-0.2, -0.15) is 0 Å². The van der Waals surface area contributed by atoms with Gasteiger partial charge in [-0.05, 0) is 39.0 Å². The van der Waals surface area contributed by atoms with E-state index < -0.39 is 0 Å². The normalized spacial score (nSPS) is 12.6. The average molecular weight is 278 g/mol. The molecule has 0 aliphatic rings. The molecular weight excluding hydrogens is 248 g/mol. The average Bonchev–Trinajstić information content (AvgIpc) is 2.40. The van der Waals surface area contributed by atoms with Crippen LogP contribution in [0.2, 0.25) is 0 Å². The SMILES string of the molecule is CCCc1nc(NC)c(C)c(NC(C)CCC(C)C)n1. The lowest BCUT2D eigenvalue weighted by Gasteiger charge is -2.19. The summed E-state index contributed by atoms with van der Waals surface area (Å²) in [5, 5.41) is 6.71. The van der Waals surface area contributed by atoms with E-state index in [0.29, 0.717) is 6.04 Å². The van der Waals surface area contributed by atoms with E-state index in [4.69, 9.17) is 0 Å². The van der Waals surface area contributed by atoms with Crippen molar-refractivity contribution < 1.29 is 0 Å². The van der Waals surface area contributed by atoms with E-state index in [-0.39, 0.29) is 0 Å². The Hall–Kier alpha value is -1.32. The molecule has 4 heteroatoms. The second-order valence-corrected chi connectivity index (χ2v) is 5.98. The highest BCUT2D eigenvalue weighted by Gasteiger charge is 2.12.